The van der Waals surface area contributed by atoms with Crippen molar-refractivity contribution in [3.63, 3.8) is 0 Å². The molecule has 1 heterocycles. The van der Waals surface area contributed by atoms with Crippen molar-refractivity contribution in [3.8, 4) is 0 Å². The summed E-state index contributed by atoms with van der Waals surface area (Å²) >= 11 is 11.9. The van der Waals surface area contributed by atoms with E-state index in [9.17, 15) is 4.79 Å². The molecule has 3 nitrogen and oxygen atoms in total. The third-order valence-corrected chi connectivity index (χ3v) is 3.14. The lowest BCUT2D eigenvalue weighted by Gasteiger charge is -2.24. The molecule has 0 radical (unpaired) electrons. The first kappa shape index (κ1) is 13.1. The highest BCUT2D eigenvalue weighted by atomic mass is 35.5. The Morgan fingerprint density at radius 1 is 1.50 bits per heavy atom. The third-order valence-electron chi connectivity index (χ3n) is 2.60. The minimum atomic E-state index is -0.698. The lowest BCUT2D eigenvalue weighted by Crippen LogP contribution is -2.34. The number of allylic oxidation sites excluding steroid dienone is 1. The van der Waals surface area contributed by atoms with Crippen LogP contribution in [0.1, 0.15) is 23.7 Å². The number of hydrogen-bond donors (Lipinski definition) is 0. The maximum absolute atomic E-state index is 12.2. The predicted molar refractivity (Wildman–Crippen MR) is 74.1 cm³/mol. The van der Waals surface area contributed by atoms with E-state index in [1.807, 2.05) is 6.92 Å². The van der Waals surface area contributed by atoms with Gasteiger partial charge in [-0.1, -0.05) is 36.2 Å². The van der Waals surface area contributed by atoms with Crippen LogP contribution < -0.4 is 0 Å². The van der Waals surface area contributed by atoms with Crippen LogP contribution in [-0.2, 0) is 0 Å². The topological polar surface area (TPSA) is 32.7 Å². The van der Waals surface area contributed by atoms with E-state index in [2.05, 4.69) is 4.99 Å². The molecule has 2 rings (SSSR count). The van der Waals surface area contributed by atoms with Crippen molar-refractivity contribution >= 4 is 34.8 Å². The largest absolute Gasteiger partial charge is 0.279 e. The lowest BCUT2D eigenvalue weighted by atomic mass is 10.2. The van der Waals surface area contributed by atoms with Gasteiger partial charge < -0.3 is 0 Å². The second-order valence-electron chi connectivity index (χ2n) is 3.82. The molecule has 5 heteroatoms. The summed E-state index contributed by atoms with van der Waals surface area (Å²) in [4.78, 5) is 17.8. The van der Waals surface area contributed by atoms with Gasteiger partial charge in [-0.2, -0.15) is 0 Å². The van der Waals surface area contributed by atoms with E-state index >= 15 is 0 Å². The molecule has 94 valence electrons. The number of benzene rings is 1. The van der Waals surface area contributed by atoms with Gasteiger partial charge in [0, 0.05) is 22.5 Å². The zero-order chi connectivity index (χ0) is 13.1. The molecule has 0 fully saturated rings. The Hall–Kier alpha value is -1.32. The number of carbonyl (C=O) groups excluding carboxylic acids is 1. The van der Waals surface area contributed by atoms with Crippen molar-refractivity contribution in [1.29, 1.82) is 0 Å². The average molecular weight is 283 g/mol. The first-order chi connectivity index (χ1) is 8.61. The Morgan fingerprint density at radius 3 is 2.89 bits per heavy atom. The number of rotatable bonds is 2. The number of hydrogen-bond acceptors (Lipinski definition) is 2. The fourth-order valence-corrected chi connectivity index (χ4v) is 2.09. The van der Waals surface area contributed by atoms with Gasteiger partial charge in [0.05, 0.1) is 0 Å². The summed E-state index contributed by atoms with van der Waals surface area (Å²) in [5.41, 5.74) is 0.675. The zero-order valence-electron chi connectivity index (χ0n) is 9.81. The molecule has 1 amide bonds. The van der Waals surface area contributed by atoms with Crippen LogP contribution in [-0.4, -0.2) is 22.1 Å². The summed E-state index contributed by atoms with van der Waals surface area (Å²) in [5, 5.41) is 0.519. The first-order valence-electron chi connectivity index (χ1n) is 5.59. The minimum Gasteiger partial charge on any atom is -0.279 e. The number of amides is 1. The molecule has 1 aliphatic heterocycles. The Labute approximate surface area is 116 Å². The molecule has 1 unspecified atom stereocenters. The van der Waals surface area contributed by atoms with Crippen LogP contribution in [0.15, 0.2) is 41.5 Å². The summed E-state index contributed by atoms with van der Waals surface area (Å²) in [6.45, 7) is 1.99. The van der Waals surface area contributed by atoms with Gasteiger partial charge in [-0.25, -0.2) is 4.99 Å². The zero-order valence-corrected chi connectivity index (χ0v) is 11.3. The van der Waals surface area contributed by atoms with E-state index in [0.717, 1.165) is 12.1 Å². The van der Waals surface area contributed by atoms with Gasteiger partial charge >= 0.3 is 0 Å². The minimum absolute atomic E-state index is 0.215. The van der Waals surface area contributed by atoms with Crippen LogP contribution in [0.2, 0.25) is 5.02 Å². The summed E-state index contributed by atoms with van der Waals surface area (Å²) in [7, 11) is 0. The highest BCUT2D eigenvalue weighted by Crippen LogP contribution is 2.19. The monoisotopic (exact) mass is 282 g/mol. The van der Waals surface area contributed by atoms with Crippen molar-refractivity contribution < 1.29 is 4.79 Å². The molecule has 1 atom stereocenters. The predicted octanol–water partition coefficient (Wildman–Crippen LogP) is 3.68. The number of aliphatic imine (C=N–C) groups is 1. The van der Waals surface area contributed by atoms with Crippen molar-refractivity contribution in [1.82, 2.24) is 4.90 Å². The second kappa shape index (κ2) is 5.55. The summed E-state index contributed by atoms with van der Waals surface area (Å²) in [5.74, 6) is -0.215. The van der Waals surface area contributed by atoms with Crippen LogP contribution in [0.3, 0.4) is 0 Å². The Balaban J connectivity index is 2.21. The molecule has 0 saturated heterocycles. The molecule has 1 aliphatic rings. The normalized spacial score (nSPS) is 18.7. The molecule has 1 aromatic carbocycles. The Kier molecular flexibility index (Phi) is 4.04. The maximum Gasteiger partial charge on any atom is 0.260 e. The summed E-state index contributed by atoms with van der Waals surface area (Å²) in [6.07, 6.45) is 4.24. The van der Waals surface area contributed by atoms with Crippen LogP contribution in [0, 0.1) is 0 Å². The maximum atomic E-state index is 12.2. The van der Waals surface area contributed by atoms with Gasteiger partial charge in [0.25, 0.3) is 5.91 Å². The van der Waals surface area contributed by atoms with E-state index in [-0.39, 0.29) is 5.91 Å². The standard InChI is InChI=1S/C13H12Cl2N2O/c1-2-11-6-7-17(13(15)16-11)12(18)9-4-3-5-10(14)8-9/h3-8,13H,2H2,1H3. The summed E-state index contributed by atoms with van der Waals surface area (Å²) in [6, 6.07) is 6.76. The van der Waals surface area contributed by atoms with Gasteiger partial charge in [-0.15, -0.1) is 0 Å². The molecule has 0 bridgehead atoms. The van der Waals surface area contributed by atoms with Gasteiger partial charge in [-0.3, -0.25) is 9.69 Å². The van der Waals surface area contributed by atoms with E-state index in [4.69, 9.17) is 23.2 Å². The van der Waals surface area contributed by atoms with Crippen LogP contribution in [0.4, 0.5) is 0 Å². The van der Waals surface area contributed by atoms with E-state index < -0.39 is 5.62 Å². The van der Waals surface area contributed by atoms with Crippen molar-refractivity contribution in [2.75, 3.05) is 0 Å². The molecule has 1 aromatic rings. The molecule has 0 aromatic heterocycles. The van der Waals surface area contributed by atoms with E-state index in [0.29, 0.717) is 10.6 Å². The van der Waals surface area contributed by atoms with Gasteiger partial charge in [-0.05, 0) is 30.7 Å². The van der Waals surface area contributed by atoms with Gasteiger partial charge in [0.15, 0.2) is 0 Å². The molecule has 0 saturated carbocycles. The van der Waals surface area contributed by atoms with Gasteiger partial charge in [0.2, 0.25) is 5.62 Å². The number of carbonyl (C=O) groups is 1. The van der Waals surface area contributed by atoms with E-state index in [1.54, 1.807) is 36.5 Å². The molecular weight excluding hydrogens is 271 g/mol. The molecule has 0 N–H and O–H groups in total. The quantitative estimate of drug-likeness (QED) is 0.602. The number of alkyl halides is 1. The van der Waals surface area contributed by atoms with Crippen LogP contribution in [0.25, 0.3) is 0 Å². The van der Waals surface area contributed by atoms with Crippen LogP contribution >= 0.6 is 23.2 Å². The Morgan fingerprint density at radius 2 is 2.28 bits per heavy atom. The summed E-state index contributed by atoms with van der Waals surface area (Å²) < 4.78 is 0. The van der Waals surface area contributed by atoms with Crippen molar-refractivity contribution in [3.05, 3.63) is 47.1 Å². The first-order valence-corrected chi connectivity index (χ1v) is 6.40. The highest BCUT2D eigenvalue weighted by molar-refractivity contribution is 6.31. The lowest BCUT2D eigenvalue weighted by molar-refractivity contribution is 0.0808. The molecule has 18 heavy (non-hydrogen) atoms. The average Bonchev–Trinajstić information content (AvgIpc) is 2.37. The SMILES string of the molecule is CCC1=NC(Cl)N(C(=O)c2cccc(Cl)c2)C=C1. The highest BCUT2D eigenvalue weighted by Gasteiger charge is 2.23. The second-order valence-corrected chi connectivity index (χ2v) is 4.65. The molecule has 0 aliphatic carbocycles. The molecule has 0 spiro atoms. The van der Waals surface area contributed by atoms with Gasteiger partial charge in [0.1, 0.15) is 0 Å². The van der Waals surface area contributed by atoms with Crippen LogP contribution in [0.5, 0.6) is 0 Å². The van der Waals surface area contributed by atoms with E-state index in [1.165, 1.54) is 4.90 Å². The van der Waals surface area contributed by atoms with Crippen molar-refractivity contribution in [2.45, 2.75) is 19.0 Å². The third kappa shape index (κ3) is 2.74. The molecular formula is C13H12Cl2N2O. The Bertz CT molecular complexity index is 525. The van der Waals surface area contributed by atoms with Crippen molar-refractivity contribution in [2.24, 2.45) is 4.99 Å². The smallest absolute Gasteiger partial charge is 0.260 e. The number of nitrogens with zero attached hydrogens (tertiary/aromatic N) is 2. The number of halogens is 2. The fraction of sp³-hybridized carbons (Fsp3) is 0.231. The fourth-order valence-electron chi connectivity index (χ4n) is 1.62.